The van der Waals surface area contributed by atoms with Gasteiger partial charge in [-0.2, -0.15) is 0 Å². The molecule has 0 rings (SSSR count). The first kappa shape index (κ1) is 30.4. The highest BCUT2D eigenvalue weighted by Crippen LogP contribution is 2.16. The standard InChI is InChI=1S/C28H56O3/c1-2-3-4-5-6-7-12-15-18-21-24-27(29)25-22-19-16-13-10-8-9-11-14-17-20-23-26-28(30)31/h27,29H,2-26H2,1H3,(H,30,31). The maximum atomic E-state index is 10.4. The van der Waals surface area contributed by atoms with Crippen molar-refractivity contribution in [2.75, 3.05) is 0 Å². The van der Waals surface area contributed by atoms with Gasteiger partial charge < -0.3 is 10.2 Å². The summed E-state index contributed by atoms with van der Waals surface area (Å²) in [6.45, 7) is 2.27. The predicted octanol–water partition coefficient (Wildman–Crippen LogP) is 9.20. The van der Waals surface area contributed by atoms with Crippen LogP contribution in [0.2, 0.25) is 0 Å². The summed E-state index contributed by atoms with van der Waals surface area (Å²) >= 11 is 0. The summed E-state index contributed by atoms with van der Waals surface area (Å²) in [5, 5.41) is 18.7. The number of aliphatic hydroxyl groups excluding tert-OH is 1. The van der Waals surface area contributed by atoms with E-state index in [0.717, 1.165) is 25.7 Å². The Morgan fingerprint density at radius 3 is 1.13 bits per heavy atom. The number of hydrogen-bond donors (Lipinski definition) is 2. The first-order valence-corrected chi connectivity index (χ1v) is 14.1. The third-order valence-electron chi connectivity index (χ3n) is 6.57. The van der Waals surface area contributed by atoms with Crippen molar-refractivity contribution in [3.63, 3.8) is 0 Å². The predicted molar refractivity (Wildman–Crippen MR) is 135 cm³/mol. The van der Waals surface area contributed by atoms with Gasteiger partial charge in [-0.15, -0.1) is 0 Å². The van der Waals surface area contributed by atoms with Crippen LogP contribution in [0.4, 0.5) is 0 Å². The van der Waals surface area contributed by atoms with Crippen LogP contribution in [0.15, 0.2) is 0 Å². The van der Waals surface area contributed by atoms with Gasteiger partial charge in [0.1, 0.15) is 0 Å². The lowest BCUT2D eigenvalue weighted by Crippen LogP contribution is -2.05. The van der Waals surface area contributed by atoms with Crippen molar-refractivity contribution in [1.82, 2.24) is 0 Å². The zero-order chi connectivity index (χ0) is 22.8. The van der Waals surface area contributed by atoms with E-state index in [2.05, 4.69) is 6.92 Å². The molecule has 2 N–H and O–H groups in total. The Balaban J connectivity index is 3.14. The van der Waals surface area contributed by atoms with E-state index >= 15 is 0 Å². The molecule has 0 aromatic rings. The molecule has 31 heavy (non-hydrogen) atoms. The number of aliphatic carboxylic acids is 1. The first-order valence-electron chi connectivity index (χ1n) is 14.1. The van der Waals surface area contributed by atoms with E-state index < -0.39 is 5.97 Å². The van der Waals surface area contributed by atoms with Crippen LogP contribution in [0.25, 0.3) is 0 Å². The normalized spacial score (nSPS) is 12.3. The number of carboxylic acids is 1. The molecule has 0 aromatic carbocycles. The summed E-state index contributed by atoms with van der Waals surface area (Å²) in [5.41, 5.74) is 0. The van der Waals surface area contributed by atoms with Crippen LogP contribution in [0.5, 0.6) is 0 Å². The lowest BCUT2D eigenvalue weighted by Gasteiger charge is -2.10. The second-order valence-electron chi connectivity index (χ2n) is 9.80. The Morgan fingerprint density at radius 2 is 0.806 bits per heavy atom. The van der Waals surface area contributed by atoms with Gasteiger partial charge in [0.05, 0.1) is 6.10 Å². The van der Waals surface area contributed by atoms with E-state index in [1.54, 1.807) is 0 Å². The second-order valence-corrected chi connectivity index (χ2v) is 9.80. The molecule has 0 saturated heterocycles. The molecule has 186 valence electrons. The van der Waals surface area contributed by atoms with E-state index in [4.69, 9.17) is 5.11 Å². The molecule has 0 saturated carbocycles. The third-order valence-corrected chi connectivity index (χ3v) is 6.57. The quantitative estimate of drug-likeness (QED) is 0.132. The minimum atomic E-state index is -0.663. The zero-order valence-corrected chi connectivity index (χ0v) is 21.1. The molecule has 0 aliphatic rings. The lowest BCUT2D eigenvalue weighted by atomic mass is 10.0. The van der Waals surface area contributed by atoms with Gasteiger partial charge in [0.15, 0.2) is 0 Å². The second kappa shape index (κ2) is 25.7. The SMILES string of the molecule is CCCCCCCCCCCCC(O)CCCCCCCCCCCCCCC(=O)O. The molecule has 0 radical (unpaired) electrons. The van der Waals surface area contributed by atoms with E-state index in [0.29, 0.717) is 6.42 Å². The largest absolute Gasteiger partial charge is 0.481 e. The Labute approximate surface area is 194 Å². The van der Waals surface area contributed by atoms with Crippen LogP contribution in [0.3, 0.4) is 0 Å². The average molecular weight is 441 g/mol. The van der Waals surface area contributed by atoms with Crippen molar-refractivity contribution < 1.29 is 15.0 Å². The molecule has 0 fully saturated rings. The van der Waals surface area contributed by atoms with Crippen molar-refractivity contribution in [3.8, 4) is 0 Å². The van der Waals surface area contributed by atoms with Gasteiger partial charge in [-0.05, 0) is 19.3 Å². The Hall–Kier alpha value is -0.570. The highest BCUT2D eigenvalue weighted by Gasteiger charge is 2.04. The van der Waals surface area contributed by atoms with Crippen molar-refractivity contribution >= 4 is 5.97 Å². The molecule has 0 aliphatic heterocycles. The number of rotatable bonds is 26. The highest BCUT2D eigenvalue weighted by molar-refractivity contribution is 5.66. The third kappa shape index (κ3) is 27.4. The fourth-order valence-corrected chi connectivity index (χ4v) is 4.44. The zero-order valence-electron chi connectivity index (χ0n) is 21.1. The van der Waals surface area contributed by atoms with Crippen molar-refractivity contribution in [1.29, 1.82) is 0 Å². The number of carbonyl (C=O) groups is 1. The van der Waals surface area contributed by atoms with Crippen molar-refractivity contribution in [2.45, 2.75) is 174 Å². The fourth-order valence-electron chi connectivity index (χ4n) is 4.44. The Bertz CT molecular complexity index is 356. The smallest absolute Gasteiger partial charge is 0.303 e. The minimum Gasteiger partial charge on any atom is -0.481 e. The fraction of sp³-hybridized carbons (Fsp3) is 0.964. The molecular formula is C28H56O3. The van der Waals surface area contributed by atoms with Gasteiger partial charge in [0.25, 0.3) is 0 Å². The average Bonchev–Trinajstić information content (AvgIpc) is 2.75. The molecule has 0 bridgehead atoms. The number of unbranched alkanes of at least 4 members (excludes halogenated alkanes) is 20. The Morgan fingerprint density at radius 1 is 0.516 bits per heavy atom. The summed E-state index contributed by atoms with van der Waals surface area (Å²) in [5.74, 6) is -0.663. The molecule has 0 amide bonds. The van der Waals surface area contributed by atoms with Gasteiger partial charge >= 0.3 is 5.97 Å². The summed E-state index contributed by atoms with van der Waals surface area (Å²) in [4.78, 5) is 10.4. The van der Waals surface area contributed by atoms with Crippen LogP contribution in [0, 0.1) is 0 Å². The molecular weight excluding hydrogens is 384 g/mol. The molecule has 0 aromatic heterocycles. The van der Waals surface area contributed by atoms with Crippen LogP contribution in [0.1, 0.15) is 167 Å². The van der Waals surface area contributed by atoms with Crippen LogP contribution >= 0.6 is 0 Å². The lowest BCUT2D eigenvalue weighted by molar-refractivity contribution is -0.137. The molecule has 0 spiro atoms. The molecule has 3 nitrogen and oxygen atoms in total. The number of hydrogen-bond acceptors (Lipinski definition) is 2. The van der Waals surface area contributed by atoms with Gasteiger partial charge in [-0.3, -0.25) is 4.79 Å². The van der Waals surface area contributed by atoms with Crippen LogP contribution in [-0.4, -0.2) is 22.3 Å². The van der Waals surface area contributed by atoms with Crippen LogP contribution < -0.4 is 0 Å². The summed E-state index contributed by atoms with van der Waals surface area (Å²) < 4.78 is 0. The monoisotopic (exact) mass is 440 g/mol. The maximum absolute atomic E-state index is 10.4. The van der Waals surface area contributed by atoms with E-state index in [1.807, 2.05) is 0 Å². The molecule has 1 unspecified atom stereocenters. The van der Waals surface area contributed by atoms with Crippen molar-refractivity contribution in [3.05, 3.63) is 0 Å². The Kier molecular flexibility index (Phi) is 25.2. The summed E-state index contributed by atoms with van der Waals surface area (Å²) in [7, 11) is 0. The molecule has 0 heterocycles. The molecule has 1 atom stereocenters. The first-order chi connectivity index (χ1) is 15.2. The van der Waals surface area contributed by atoms with E-state index in [9.17, 15) is 9.90 Å². The number of aliphatic hydroxyl groups is 1. The van der Waals surface area contributed by atoms with Crippen LogP contribution in [-0.2, 0) is 4.79 Å². The highest BCUT2D eigenvalue weighted by atomic mass is 16.4. The van der Waals surface area contributed by atoms with Crippen molar-refractivity contribution in [2.24, 2.45) is 0 Å². The topological polar surface area (TPSA) is 57.5 Å². The summed E-state index contributed by atoms with van der Waals surface area (Å²) in [6, 6.07) is 0. The van der Waals surface area contributed by atoms with Gasteiger partial charge in [0, 0.05) is 6.42 Å². The maximum Gasteiger partial charge on any atom is 0.303 e. The van der Waals surface area contributed by atoms with Gasteiger partial charge in [-0.1, -0.05) is 142 Å². The van der Waals surface area contributed by atoms with E-state index in [1.165, 1.54) is 128 Å². The van der Waals surface area contributed by atoms with Gasteiger partial charge in [-0.25, -0.2) is 0 Å². The number of carboxylic acid groups (broad SMARTS) is 1. The van der Waals surface area contributed by atoms with Gasteiger partial charge in [0.2, 0.25) is 0 Å². The molecule has 3 heteroatoms. The summed E-state index contributed by atoms with van der Waals surface area (Å²) in [6.07, 6.45) is 30.7. The van der Waals surface area contributed by atoms with E-state index in [-0.39, 0.29) is 6.10 Å². The minimum absolute atomic E-state index is 0.0652. The molecule has 0 aliphatic carbocycles.